The standard InChI is InChI=1S/C17H18F3N3O/c18-17(19,20)12-5-3-6-13(11-12)22-16(24)14-7-1-2-8-15(14)23-10-4-9-21-23/h1-2,4,7-10,12-13H,3,5-6,11H2,(H,22,24). The summed E-state index contributed by atoms with van der Waals surface area (Å²) in [6.45, 7) is 0. The second kappa shape index (κ2) is 6.67. The van der Waals surface area contributed by atoms with Gasteiger partial charge in [-0.3, -0.25) is 4.79 Å². The number of nitrogens with zero attached hydrogens (tertiary/aromatic N) is 2. The topological polar surface area (TPSA) is 46.9 Å². The fourth-order valence-corrected chi connectivity index (χ4v) is 3.16. The van der Waals surface area contributed by atoms with Crippen LogP contribution in [-0.4, -0.2) is 27.9 Å². The maximum Gasteiger partial charge on any atom is 0.391 e. The van der Waals surface area contributed by atoms with Crippen molar-refractivity contribution in [3.63, 3.8) is 0 Å². The second-order valence-corrected chi connectivity index (χ2v) is 6.04. The minimum atomic E-state index is -4.20. The molecule has 1 saturated carbocycles. The van der Waals surface area contributed by atoms with Crippen LogP contribution in [0, 0.1) is 5.92 Å². The van der Waals surface area contributed by atoms with Crippen LogP contribution in [0.2, 0.25) is 0 Å². The second-order valence-electron chi connectivity index (χ2n) is 6.04. The molecule has 0 bridgehead atoms. The average Bonchev–Trinajstić information content (AvgIpc) is 3.08. The molecule has 1 aromatic carbocycles. The van der Waals surface area contributed by atoms with Crippen molar-refractivity contribution in [3.05, 3.63) is 48.3 Å². The molecule has 1 aliphatic carbocycles. The number of hydrogen-bond donors (Lipinski definition) is 1. The smallest absolute Gasteiger partial charge is 0.349 e. The van der Waals surface area contributed by atoms with Gasteiger partial charge in [0.1, 0.15) is 0 Å². The maximum atomic E-state index is 12.9. The molecule has 24 heavy (non-hydrogen) atoms. The van der Waals surface area contributed by atoms with E-state index in [0.29, 0.717) is 24.1 Å². The lowest BCUT2D eigenvalue weighted by atomic mass is 9.85. The molecule has 7 heteroatoms. The average molecular weight is 337 g/mol. The molecule has 0 saturated heterocycles. The summed E-state index contributed by atoms with van der Waals surface area (Å²) in [5, 5.41) is 6.87. The van der Waals surface area contributed by atoms with Crippen LogP contribution in [0.4, 0.5) is 13.2 Å². The van der Waals surface area contributed by atoms with Crippen molar-refractivity contribution in [2.24, 2.45) is 5.92 Å². The molecule has 0 spiro atoms. The van der Waals surface area contributed by atoms with Crippen LogP contribution in [0.3, 0.4) is 0 Å². The number of aromatic nitrogens is 2. The number of rotatable bonds is 3. The highest BCUT2D eigenvalue weighted by Crippen LogP contribution is 2.37. The number of benzene rings is 1. The molecule has 4 nitrogen and oxygen atoms in total. The molecule has 0 aliphatic heterocycles. The first-order valence-electron chi connectivity index (χ1n) is 7.92. The Labute approximate surface area is 137 Å². The molecule has 1 heterocycles. The fraction of sp³-hybridized carbons (Fsp3) is 0.412. The molecular weight excluding hydrogens is 319 g/mol. The van der Waals surface area contributed by atoms with E-state index in [-0.39, 0.29) is 18.7 Å². The molecule has 1 fully saturated rings. The van der Waals surface area contributed by atoms with E-state index in [2.05, 4.69) is 10.4 Å². The molecule has 1 aliphatic rings. The number of carbonyl (C=O) groups excluding carboxylic acids is 1. The lowest BCUT2D eigenvalue weighted by molar-refractivity contribution is -0.183. The Morgan fingerprint density at radius 2 is 2.00 bits per heavy atom. The van der Waals surface area contributed by atoms with Gasteiger partial charge in [0.05, 0.1) is 17.2 Å². The summed E-state index contributed by atoms with van der Waals surface area (Å²) < 4.78 is 40.3. The van der Waals surface area contributed by atoms with E-state index in [0.717, 1.165) is 0 Å². The summed E-state index contributed by atoms with van der Waals surface area (Å²) in [5.41, 5.74) is 0.999. The highest BCUT2D eigenvalue weighted by atomic mass is 19.4. The summed E-state index contributed by atoms with van der Waals surface area (Å²) in [5.74, 6) is -1.70. The third-order valence-corrected chi connectivity index (χ3v) is 4.37. The number of para-hydroxylation sites is 1. The van der Waals surface area contributed by atoms with Gasteiger partial charge in [0.25, 0.3) is 5.91 Å². The van der Waals surface area contributed by atoms with Gasteiger partial charge in [0, 0.05) is 18.4 Å². The molecule has 0 radical (unpaired) electrons. The van der Waals surface area contributed by atoms with Crippen LogP contribution in [0.5, 0.6) is 0 Å². The Balaban J connectivity index is 1.74. The van der Waals surface area contributed by atoms with E-state index < -0.39 is 18.1 Å². The van der Waals surface area contributed by atoms with Crippen LogP contribution in [0.15, 0.2) is 42.7 Å². The van der Waals surface area contributed by atoms with Crippen molar-refractivity contribution >= 4 is 5.91 Å². The van der Waals surface area contributed by atoms with Gasteiger partial charge >= 0.3 is 6.18 Å². The quantitative estimate of drug-likeness (QED) is 0.928. The van der Waals surface area contributed by atoms with Crippen molar-refractivity contribution in [2.75, 3.05) is 0 Å². The Kier molecular flexibility index (Phi) is 4.59. The van der Waals surface area contributed by atoms with Gasteiger partial charge in [0.15, 0.2) is 0 Å². The lowest BCUT2D eigenvalue weighted by Crippen LogP contribution is -2.41. The van der Waals surface area contributed by atoms with E-state index in [1.807, 2.05) is 0 Å². The number of carbonyl (C=O) groups is 1. The van der Waals surface area contributed by atoms with Gasteiger partial charge in [-0.1, -0.05) is 18.6 Å². The van der Waals surface area contributed by atoms with Crippen molar-refractivity contribution in [1.29, 1.82) is 0 Å². The van der Waals surface area contributed by atoms with Gasteiger partial charge in [-0.05, 0) is 37.5 Å². The third kappa shape index (κ3) is 3.60. The van der Waals surface area contributed by atoms with E-state index in [1.165, 1.54) is 0 Å². The van der Waals surface area contributed by atoms with Gasteiger partial charge in [-0.25, -0.2) is 4.68 Å². The van der Waals surface area contributed by atoms with Crippen LogP contribution in [-0.2, 0) is 0 Å². The number of halogens is 3. The molecule has 2 aromatic rings. The van der Waals surface area contributed by atoms with E-state index in [4.69, 9.17) is 0 Å². The molecule has 3 rings (SSSR count). The number of alkyl halides is 3. The molecule has 1 aromatic heterocycles. The molecule has 2 unspecified atom stereocenters. The number of amides is 1. The third-order valence-electron chi connectivity index (χ3n) is 4.37. The zero-order valence-corrected chi connectivity index (χ0v) is 13.0. The Bertz CT molecular complexity index is 697. The highest BCUT2D eigenvalue weighted by molar-refractivity contribution is 5.97. The summed E-state index contributed by atoms with van der Waals surface area (Å²) in [6, 6.07) is 8.19. The Morgan fingerprint density at radius 1 is 1.21 bits per heavy atom. The first kappa shape index (κ1) is 16.5. The molecule has 1 N–H and O–H groups in total. The molecule has 128 valence electrons. The van der Waals surface area contributed by atoms with Crippen molar-refractivity contribution < 1.29 is 18.0 Å². The Morgan fingerprint density at radius 3 is 2.71 bits per heavy atom. The SMILES string of the molecule is O=C(NC1CCCC(C(F)(F)F)C1)c1ccccc1-n1cccn1. The maximum absolute atomic E-state index is 12.9. The van der Waals surface area contributed by atoms with Gasteiger partial charge in [-0.2, -0.15) is 18.3 Å². The fourth-order valence-electron chi connectivity index (χ4n) is 3.16. The van der Waals surface area contributed by atoms with Crippen LogP contribution < -0.4 is 5.32 Å². The number of nitrogens with one attached hydrogen (secondary N) is 1. The van der Waals surface area contributed by atoms with Gasteiger partial charge in [-0.15, -0.1) is 0 Å². The summed E-state index contributed by atoms with van der Waals surface area (Å²) >= 11 is 0. The molecule has 1 amide bonds. The predicted molar refractivity (Wildman–Crippen MR) is 82.8 cm³/mol. The van der Waals surface area contributed by atoms with Crippen LogP contribution in [0.25, 0.3) is 5.69 Å². The first-order valence-corrected chi connectivity index (χ1v) is 7.92. The first-order chi connectivity index (χ1) is 11.4. The number of hydrogen-bond acceptors (Lipinski definition) is 2. The molecule has 2 atom stereocenters. The minimum absolute atomic E-state index is 0.0564. The summed E-state index contributed by atoms with van der Waals surface area (Å²) in [6.07, 6.45) is 0.240. The highest BCUT2D eigenvalue weighted by Gasteiger charge is 2.42. The van der Waals surface area contributed by atoms with Crippen LogP contribution in [0.1, 0.15) is 36.0 Å². The van der Waals surface area contributed by atoms with Crippen LogP contribution >= 0.6 is 0 Å². The van der Waals surface area contributed by atoms with E-state index >= 15 is 0 Å². The lowest BCUT2D eigenvalue weighted by Gasteiger charge is -2.31. The summed E-state index contributed by atoms with van der Waals surface area (Å²) in [4.78, 5) is 12.6. The minimum Gasteiger partial charge on any atom is -0.349 e. The zero-order chi connectivity index (χ0) is 17.2. The Hall–Kier alpha value is -2.31. The normalized spacial score (nSPS) is 21.5. The zero-order valence-electron chi connectivity index (χ0n) is 13.0. The van der Waals surface area contributed by atoms with Gasteiger partial charge < -0.3 is 5.32 Å². The molecular formula is C17H18F3N3O. The van der Waals surface area contributed by atoms with E-state index in [1.54, 1.807) is 47.4 Å². The van der Waals surface area contributed by atoms with Crippen molar-refractivity contribution in [3.8, 4) is 5.69 Å². The van der Waals surface area contributed by atoms with Crippen molar-refractivity contribution in [2.45, 2.75) is 37.9 Å². The van der Waals surface area contributed by atoms with E-state index in [9.17, 15) is 18.0 Å². The summed E-state index contributed by atoms with van der Waals surface area (Å²) in [7, 11) is 0. The predicted octanol–water partition coefficient (Wildman–Crippen LogP) is 3.72. The monoisotopic (exact) mass is 337 g/mol. The van der Waals surface area contributed by atoms with Gasteiger partial charge in [0.2, 0.25) is 0 Å². The van der Waals surface area contributed by atoms with Crippen molar-refractivity contribution in [1.82, 2.24) is 15.1 Å². The largest absolute Gasteiger partial charge is 0.391 e.